The van der Waals surface area contributed by atoms with E-state index in [1.807, 2.05) is 42.5 Å². The lowest BCUT2D eigenvalue weighted by Gasteiger charge is -2.28. The number of benzene rings is 4. The number of methoxy groups -OCH3 is 1. The molecule has 9 heteroatoms. The molecule has 8 nitrogen and oxygen atoms in total. The van der Waals surface area contributed by atoms with Crippen LogP contribution >= 0.6 is 0 Å². The van der Waals surface area contributed by atoms with Crippen molar-refractivity contribution in [2.24, 2.45) is 5.41 Å². The van der Waals surface area contributed by atoms with Gasteiger partial charge in [-0.1, -0.05) is 42.5 Å². The minimum Gasteiger partial charge on any atom is -0.497 e. The molecule has 212 valence electrons. The van der Waals surface area contributed by atoms with Crippen molar-refractivity contribution in [3.8, 4) is 28.7 Å². The van der Waals surface area contributed by atoms with Gasteiger partial charge in [0.05, 0.1) is 23.6 Å². The summed E-state index contributed by atoms with van der Waals surface area (Å²) in [5, 5.41) is 9.04. The molecule has 42 heavy (non-hydrogen) atoms. The van der Waals surface area contributed by atoms with Crippen LogP contribution < -0.4 is 14.2 Å². The molecule has 2 atom stereocenters. The number of rotatable bonds is 9. The van der Waals surface area contributed by atoms with E-state index in [0.29, 0.717) is 40.5 Å². The van der Waals surface area contributed by atoms with E-state index in [-0.39, 0.29) is 19.1 Å². The number of carbonyl (C=O) groups excluding carboxylic acids is 2. The molecule has 4 aromatic rings. The zero-order valence-electron chi connectivity index (χ0n) is 23.0. The van der Waals surface area contributed by atoms with Crippen LogP contribution in [0.5, 0.6) is 11.5 Å². The van der Waals surface area contributed by atoms with Crippen LogP contribution in [0.3, 0.4) is 0 Å². The summed E-state index contributed by atoms with van der Waals surface area (Å²) in [6, 6.07) is 32.4. The number of carbonyl (C=O) groups is 2. The molecule has 0 spiro atoms. The second-order valence-corrected chi connectivity index (χ2v) is 11.2. The van der Waals surface area contributed by atoms with E-state index in [9.17, 15) is 13.8 Å². The third-order valence-corrected chi connectivity index (χ3v) is 8.39. The highest BCUT2D eigenvalue weighted by Gasteiger charge is 2.47. The lowest BCUT2D eigenvalue weighted by Crippen LogP contribution is -2.48. The molecule has 0 saturated carbocycles. The van der Waals surface area contributed by atoms with Gasteiger partial charge in [0.2, 0.25) is 5.91 Å². The third kappa shape index (κ3) is 6.35. The van der Waals surface area contributed by atoms with Crippen LogP contribution in [0.15, 0.2) is 108 Å². The predicted octanol–water partition coefficient (Wildman–Crippen LogP) is 4.98. The number of likely N-dealkylation sites (tertiary alicyclic amines) is 1. The molecule has 1 heterocycles. The normalized spacial score (nSPS) is 16.7. The molecule has 4 aromatic carbocycles. The average Bonchev–Trinajstić information content (AvgIpc) is 3.50. The maximum atomic E-state index is 13.7. The van der Waals surface area contributed by atoms with Gasteiger partial charge in [0.15, 0.2) is 11.0 Å². The maximum absolute atomic E-state index is 13.7. The monoisotopic (exact) mass is 579 g/mol. The van der Waals surface area contributed by atoms with E-state index >= 15 is 0 Å². The van der Waals surface area contributed by atoms with Crippen molar-refractivity contribution >= 4 is 22.8 Å². The summed E-state index contributed by atoms with van der Waals surface area (Å²) in [7, 11) is -0.205. The number of hydrogen-bond donors (Lipinski definition) is 1. The first kappa shape index (κ1) is 28.6. The van der Waals surface area contributed by atoms with E-state index < -0.39 is 22.3 Å². The van der Waals surface area contributed by atoms with Crippen molar-refractivity contribution in [3.63, 3.8) is 0 Å². The van der Waals surface area contributed by atoms with Crippen molar-refractivity contribution in [1.29, 1.82) is 5.26 Å². The smallest absolute Gasteiger partial charge is 0.253 e. The van der Waals surface area contributed by atoms with Gasteiger partial charge in [-0.05, 0) is 78.2 Å². The lowest BCUT2D eigenvalue weighted by molar-refractivity contribution is -0.130. The Morgan fingerprint density at radius 3 is 2.14 bits per heavy atom. The van der Waals surface area contributed by atoms with Crippen molar-refractivity contribution in [2.75, 3.05) is 26.8 Å². The Morgan fingerprint density at radius 2 is 1.52 bits per heavy atom. The molecule has 1 aliphatic rings. The molecule has 1 fully saturated rings. The minimum atomic E-state index is -1.76. The van der Waals surface area contributed by atoms with Crippen molar-refractivity contribution in [2.45, 2.75) is 11.3 Å². The topological polar surface area (TPSA) is 109 Å². The van der Waals surface area contributed by atoms with Crippen LogP contribution in [0.25, 0.3) is 11.1 Å². The maximum Gasteiger partial charge on any atom is 0.253 e. The number of hydrogen-bond acceptors (Lipinski definition) is 6. The summed E-state index contributed by atoms with van der Waals surface area (Å²) in [5.41, 5.74) is 1.88. The first-order valence-corrected chi connectivity index (χ1v) is 14.5. The van der Waals surface area contributed by atoms with E-state index in [1.165, 1.54) is 0 Å². The summed E-state index contributed by atoms with van der Waals surface area (Å²) in [6.45, 7) is 0.448. The van der Waals surface area contributed by atoms with E-state index in [2.05, 4.69) is 10.8 Å². The molecule has 5 rings (SSSR count). The summed E-state index contributed by atoms with van der Waals surface area (Å²) in [5.74, 6) is 0.555. The van der Waals surface area contributed by atoms with Gasteiger partial charge in [-0.2, -0.15) is 5.26 Å². The molecule has 2 amide bonds. The highest BCUT2D eigenvalue weighted by atomic mass is 32.2. The van der Waals surface area contributed by atoms with Gasteiger partial charge in [0, 0.05) is 18.7 Å². The molecule has 1 N–H and O–H groups in total. The van der Waals surface area contributed by atoms with Gasteiger partial charge < -0.3 is 14.4 Å². The van der Waals surface area contributed by atoms with E-state index in [1.54, 1.807) is 72.7 Å². The molecule has 1 aliphatic heterocycles. The predicted molar refractivity (Wildman–Crippen MR) is 159 cm³/mol. The summed E-state index contributed by atoms with van der Waals surface area (Å²) in [4.78, 5) is 29.1. The van der Waals surface area contributed by atoms with Gasteiger partial charge in [-0.15, -0.1) is 0 Å². The number of nitrogens with zero attached hydrogens (tertiary/aromatic N) is 2. The molecule has 0 radical (unpaired) electrons. The van der Waals surface area contributed by atoms with E-state index in [4.69, 9.17) is 14.7 Å². The number of nitrogens with one attached hydrogen (secondary N) is 1. The average molecular weight is 580 g/mol. The Labute approximate surface area is 247 Å². The Kier molecular flexibility index (Phi) is 8.65. The zero-order valence-corrected chi connectivity index (χ0v) is 23.8. The molecule has 0 bridgehead atoms. The Balaban J connectivity index is 1.33. The summed E-state index contributed by atoms with van der Waals surface area (Å²) < 4.78 is 26.9. The fraction of sp³-hybridized carbons (Fsp3) is 0.182. The largest absolute Gasteiger partial charge is 0.497 e. The van der Waals surface area contributed by atoms with Crippen molar-refractivity contribution in [1.82, 2.24) is 9.62 Å². The Hall–Kier alpha value is -4.94. The minimum absolute atomic E-state index is 0.00652. The molecular formula is C33H29N3O5S. The van der Waals surface area contributed by atoms with E-state index in [0.717, 1.165) is 11.1 Å². The Morgan fingerprint density at radius 1 is 0.905 bits per heavy atom. The van der Waals surface area contributed by atoms with Crippen LogP contribution in [0.4, 0.5) is 0 Å². The first-order chi connectivity index (χ1) is 20.4. The highest BCUT2D eigenvalue weighted by molar-refractivity contribution is 7.83. The van der Waals surface area contributed by atoms with Crippen LogP contribution in [0, 0.1) is 16.7 Å². The van der Waals surface area contributed by atoms with Crippen LogP contribution in [-0.4, -0.2) is 47.7 Å². The SMILES string of the molecule is COc1ccc(C(=O)N2CCC(COc3ccc(-c4ccc(C#N)cc4)cc3)(C(=O)NS(=O)c3ccccc3)C2)cc1. The van der Waals surface area contributed by atoms with Crippen LogP contribution in [0.1, 0.15) is 22.3 Å². The molecule has 0 aliphatic carbocycles. The van der Waals surface area contributed by atoms with Gasteiger partial charge in [-0.25, -0.2) is 4.21 Å². The van der Waals surface area contributed by atoms with Crippen molar-refractivity contribution in [3.05, 3.63) is 114 Å². The van der Waals surface area contributed by atoms with Gasteiger partial charge in [-0.3, -0.25) is 14.3 Å². The number of ether oxygens (including phenoxy) is 2. The third-order valence-electron chi connectivity index (χ3n) is 7.32. The molecular weight excluding hydrogens is 550 g/mol. The quantitative estimate of drug-likeness (QED) is 0.300. The Bertz CT molecular complexity index is 1620. The molecule has 0 aromatic heterocycles. The van der Waals surface area contributed by atoms with Gasteiger partial charge >= 0.3 is 0 Å². The summed E-state index contributed by atoms with van der Waals surface area (Å²) in [6.07, 6.45) is 0.343. The highest BCUT2D eigenvalue weighted by Crippen LogP contribution is 2.34. The zero-order chi connectivity index (χ0) is 29.5. The van der Waals surface area contributed by atoms with Gasteiger partial charge in [0.25, 0.3) is 5.91 Å². The molecule has 1 saturated heterocycles. The molecule has 2 unspecified atom stereocenters. The second kappa shape index (κ2) is 12.7. The van der Waals surface area contributed by atoms with Crippen LogP contribution in [0.2, 0.25) is 0 Å². The van der Waals surface area contributed by atoms with Crippen molar-refractivity contribution < 1.29 is 23.3 Å². The fourth-order valence-electron chi connectivity index (χ4n) is 4.83. The number of amides is 2. The lowest BCUT2D eigenvalue weighted by atomic mass is 9.87. The summed E-state index contributed by atoms with van der Waals surface area (Å²) >= 11 is 0. The first-order valence-electron chi connectivity index (χ1n) is 13.4. The number of nitriles is 1. The second-order valence-electron chi connectivity index (χ2n) is 10.0. The fourth-order valence-corrected chi connectivity index (χ4v) is 5.74. The van der Waals surface area contributed by atoms with Gasteiger partial charge in [0.1, 0.15) is 23.5 Å². The van der Waals surface area contributed by atoms with Crippen LogP contribution in [-0.2, 0) is 15.8 Å². The standard InChI is InChI=1S/C33H29N3O5S/c1-40-28-15-13-27(14-16-28)31(37)36-20-19-33(22-36,32(38)35-42(39)30-5-3-2-4-6-30)23-41-29-17-11-26(12-18-29)25-9-7-24(21-34)8-10-25/h2-18H,19-20,22-23H2,1H3,(H,35,38).